The smallest absolute Gasteiger partial charge is 0.403 e. The first-order valence-corrected chi connectivity index (χ1v) is 4.41. The molecular weight excluding hydrogens is 199 g/mol. The number of rotatable bonds is 2. The molecule has 6 heteroatoms. The quantitative estimate of drug-likeness (QED) is 0.725. The molecule has 0 aromatic rings. The Balaban J connectivity index is 2.48. The Hall–Kier alpha value is -0.780. The maximum absolute atomic E-state index is 12.2. The van der Waals surface area contributed by atoms with Crippen LogP contribution in [0.5, 0.6) is 0 Å². The van der Waals surface area contributed by atoms with Crippen LogP contribution in [0.25, 0.3) is 0 Å². The molecule has 0 bridgehead atoms. The normalized spacial score (nSPS) is 28.8. The first-order chi connectivity index (χ1) is 6.39. The highest BCUT2D eigenvalue weighted by Crippen LogP contribution is 2.30. The Morgan fingerprint density at radius 2 is 2.14 bits per heavy atom. The number of aliphatic carboxylic acids is 1. The van der Waals surface area contributed by atoms with Gasteiger partial charge in [0.05, 0.1) is 0 Å². The average Bonchev–Trinajstić information content (AvgIpc) is 2.01. The van der Waals surface area contributed by atoms with Crippen LogP contribution in [0.3, 0.4) is 0 Å². The Labute approximate surface area is 79.3 Å². The van der Waals surface area contributed by atoms with Gasteiger partial charge in [-0.25, -0.2) is 0 Å². The molecule has 0 aliphatic carbocycles. The summed E-state index contributed by atoms with van der Waals surface area (Å²) in [4.78, 5) is 10.3. The Kier molecular flexibility index (Phi) is 3.36. The molecule has 1 saturated heterocycles. The van der Waals surface area contributed by atoms with Gasteiger partial charge in [-0.1, -0.05) is 0 Å². The van der Waals surface area contributed by atoms with Gasteiger partial charge in [0.2, 0.25) is 0 Å². The summed E-state index contributed by atoms with van der Waals surface area (Å²) >= 11 is 0. The molecule has 0 spiro atoms. The summed E-state index contributed by atoms with van der Waals surface area (Å²) in [6.45, 7) is 0.238. The van der Waals surface area contributed by atoms with E-state index in [9.17, 15) is 18.0 Å². The minimum absolute atomic E-state index is 0.129. The van der Waals surface area contributed by atoms with Gasteiger partial charge >= 0.3 is 12.1 Å². The lowest BCUT2D eigenvalue weighted by atomic mass is 9.89. The number of halogens is 3. The highest BCUT2D eigenvalue weighted by Gasteiger charge is 2.42. The number of hydrogen-bond donors (Lipinski definition) is 2. The number of carbonyl (C=O) groups is 1. The summed E-state index contributed by atoms with van der Waals surface area (Å²) in [5, 5.41) is 10.8. The van der Waals surface area contributed by atoms with Crippen LogP contribution in [0.1, 0.15) is 19.3 Å². The van der Waals surface area contributed by atoms with E-state index in [1.165, 1.54) is 0 Å². The molecule has 2 atom stereocenters. The predicted molar refractivity (Wildman–Crippen MR) is 42.8 cm³/mol. The molecule has 1 aliphatic heterocycles. The van der Waals surface area contributed by atoms with E-state index in [4.69, 9.17) is 5.11 Å². The van der Waals surface area contributed by atoms with E-state index >= 15 is 0 Å². The first kappa shape index (κ1) is 11.3. The molecule has 0 saturated carbocycles. The van der Waals surface area contributed by atoms with Crippen molar-refractivity contribution in [2.45, 2.75) is 31.5 Å². The minimum Gasteiger partial charge on any atom is -0.481 e. The fraction of sp³-hybridized carbons (Fsp3) is 0.875. The maximum Gasteiger partial charge on any atom is 0.403 e. The highest BCUT2D eigenvalue weighted by atomic mass is 19.4. The van der Waals surface area contributed by atoms with E-state index in [0.29, 0.717) is 6.42 Å². The third-order valence-corrected chi connectivity index (χ3v) is 2.37. The summed E-state index contributed by atoms with van der Waals surface area (Å²) in [7, 11) is 0. The van der Waals surface area contributed by atoms with Gasteiger partial charge in [-0.2, -0.15) is 13.2 Å². The molecule has 1 rings (SSSR count). The Morgan fingerprint density at radius 3 is 2.64 bits per heavy atom. The van der Waals surface area contributed by atoms with Gasteiger partial charge in [0, 0.05) is 6.42 Å². The monoisotopic (exact) mass is 211 g/mol. The molecule has 1 fully saturated rings. The van der Waals surface area contributed by atoms with Crippen molar-refractivity contribution in [2.24, 2.45) is 5.92 Å². The van der Waals surface area contributed by atoms with Crippen molar-refractivity contribution in [1.82, 2.24) is 5.32 Å². The van der Waals surface area contributed by atoms with Crippen molar-refractivity contribution < 1.29 is 23.1 Å². The number of nitrogens with one attached hydrogen (secondary N) is 1. The number of carboxylic acid groups (broad SMARTS) is 1. The van der Waals surface area contributed by atoms with Crippen molar-refractivity contribution in [3.8, 4) is 0 Å². The molecule has 1 heterocycles. The largest absolute Gasteiger partial charge is 0.481 e. The minimum atomic E-state index is -4.27. The van der Waals surface area contributed by atoms with Crippen LogP contribution < -0.4 is 5.32 Å². The van der Waals surface area contributed by atoms with Crippen LogP contribution >= 0.6 is 0 Å². The summed E-state index contributed by atoms with van der Waals surface area (Å²) in [6, 6.07) is -1.54. The standard InChI is InChI=1S/C8H12F3NO2/c9-8(10,11)6-3-5(1-2-12-6)4-7(13)14/h5-6,12H,1-4H2,(H,13,14)/t5-,6+/m1/s1. The van der Waals surface area contributed by atoms with Gasteiger partial charge in [-0.3, -0.25) is 4.79 Å². The number of piperidine rings is 1. The van der Waals surface area contributed by atoms with Crippen molar-refractivity contribution in [3.63, 3.8) is 0 Å². The molecule has 0 radical (unpaired) electrons. The topological polar surface area (TPSA) is 49.3 Å². The van der Waals surface area contributed by atoms with Crippen molar-refractivity contribution in [2.75, 3.05) is 6.54 Å². The van der Waals surface area contributed by atoms with Crippen molar-refractivity contribution in [1.29, 1.82) is 0 Å². The Bertz CT molecular complexity index is 217. The SMILES string of the molecule is O=C(O)C[C@@H]1CCN[C@H](C(F)(F)F)C1. The van der Waals surface area contributed by atoms with E-state index in [1.54, 1.807) is 0 Å². The van der Waals surface area contributed by atoms with Gasteiger partial charge in [0.15, 0.2) is 0 Å². The van der Waals surface area contributed by atoms with Crippen LogP contribution in [0.4, 0.5) is 13.2 Å². The second kappa shape index (κ2) is 4.16. The third-order valence-electron chi connectivity index (χ3n) is 2.37. The maximum atomic E-state index is 12.2. The van der Waals surface area contributed by atoms with E-state index < -0.39 is 18.2 Å². The lowest BCUT2D eigenvalue weighted by Crippen LogP contribution is -2.47. The molecule has 0 unspecified atom stereocenters. The third kappa shape index (κ3) is 3.17. The predicted octanol–water partition coefficient (Wildman–Crippen LogP) is 1.39. The van der Waals surface area contributed by atoms with Crippen molar-refractivity contribution in [3.05, 3.63) is 0 Å². The van der Waals surface area contributed by atoms with Gasteiger partial charge in [-0.05, 0) is 25.3 Å². The zero-order chi connectivity index (χ0) is 10.8. The highest BCUT2D eigenvalue weighted by molar-refractivity contribution is 5.67. The number of carboxylic acids is 1. The Morgan fingerprint density at radius 1 is 1.50 bits per heavy atom. The summed E-state index contributed by atoms with van der Waals surface area (Å²) in [5.41, 5.74) is 0. The fourth-order valence-electron chi connectivity index (χ4n) is 1.68. The molecule has 0 aromatic heterocycles. The zero-order valence-corrected chi connectivity index (χ0v) is 7.47. The van der Waals surface area contributed by atoms with Gasteiger partial charge < -0.3 is 10.4 Å². The second-order valence-electron chi connectivity index (χ2n) is 3.54. The molecule has 82 valence electrons. The van der Waals surface area contributed by atoms with Crippen LogP contribution in [-0.2, 0) is 4.79 Å². The summed E-state index contributed by atoms with van der Waals surface area (Å²) in [5.74, 6) is -1.39. The summed E-state index contributed by atoms with van der Waals surface area (Å²) in [6.07, 6.45) is -4.07. The molecule has 3 nitrogen and oxygen atoms in total. The molecule has 0 aromatic carbocycles. The molecular formula is C8H12F3NO2. The molecule has 2 N–H and O–H groups in total. The molecule has 14 heavy (non-hydrogen) atoms. The van der Waals surface area contributed by atoms with Crippen LogP contribution in [-0.4, -0.2) is 29.8 Å². The van der Waals surface area contributed by atoms with Gasteiger partial charge in [0.1, 0.15) is 6.04 Å². The van der Waals surface area contributed by atoms with E-state index in [1.807, 2.05) is 0 Å². The lowest BCUT2D eigenvalue weighted by molar-refractivity contribution is -0.165. The van der Waals surface area contributed by atoms with Crippen LogP contribution in [0, 0.1) is 5.92 Å². The molecule has 1 aliphatic rings. The van der Waals surface area contributed by atoms with Crippen molar-refractivity contribution >= 4 is 5.97 Å². The number of alkyl halides is 3. The van der Waals surface area contributed by atoms with Gasteiger partial charge in [0.25, 0.3) is 0 Å². The van der Waals surface area contributed by atoms with Crippen LogP contribution in [0.2, 0.25) is 0 Å². The summed E-state index contributed by atoms with van der Waals surface area (Å²) < 4.78 is 36.7. The zero-order valence-electron chi connectivity index (χ0n) is 7.47. The van der Waals surface area contributed by atoms with E-state index in [0.717, 1.165) is 0 Å². The van der Waals surface area contributed by atoms with E-state index in [2.05, 4.69) is 5.32 Å². The number of hydrogen-bond acceptors (Lipinski definition) is 2. The van der Waals surface area contributed by atoms with Gasteiger partial charge in [-0.15, -0.1) is 0 Å². The average molecular weight is 211 g/mol. The lowest BCUT2D eigenvalue weighted by Gasteiger charge is -2.30. The fourth-order valence-corrected chi connectivity index (χ4v) is 1.68. The first-order valence-electron chi connectivity index (χ1n) is 4.41. The second-order valence-corrected chi connectivity index (χ2v) is 3.54. The van der Waals surface area contributed by atoms with Crippen LogP contribution in [0.15, 0.2) is 0 Å². The molecule has 0 amide bonds. The van der Waals surface area contributed by atoms with E-state index in [-0.39, 0.29) is 25.3 Å².